The maximum Gasteiger partial charge on any atom is 0.177 e. The van der Waals surface area contributed by atoms with Crippen LogP contribution in [0.1, 0.15) is 33.6 Å². The van der Waals surface area contributed by atoms with Crippen LogP contribution in [0, 0.1) is 17.2 Å². The summed E-state index contributed by atoms with van der Waals surface area (Å²) >= 11 is 0. The summed E-state index contributed by atoms with van der Waals surface area (Å²) in [7, 11) is 0. The molecular weight excluding hydrogens is 190 g/mol. The zero-order valence-corrected chi connectivity index (χ0v) is 9.64. The third-order valence-corrected chi connectivity index (χ3v) is 2.47. The van der Waals surface area contributed by atoms with Gasteiger partial charge in [0.1, 0.15) is 0 Å². The van der Waals surface area contributed by atoms with Crippen LogP contribution in [0.2, 0.25) is 0 Å². The van der Waals surface area contributed by atoms with Crippen molar-refractivity contribution in [3.63, 3.8) is 0 Å². The molecule has 3 nitrogen and oxygen atoms in total. The van der Waals surface area contributed by atoms with Crippen LogP contribution in [-0.4, -0.2) is 18.5 Å². The van der Waals surface area contributed by atoms with Crippen LogP contribution in [0.4, 0.5) is 0 Å². The number of nitriles is 1. The van der Waals surface area contributed by atoms with E-state index in [9.17, 15) is 0 Å². The van der Waals surface area contributed by atoms with Crippen LogP contribution in [0.15, 0.2) is 12.2 Å². The van der Waals surface area contributed by atoms with Gasteiger partial charge < -0.3 is 9.47 Å². The van der Waals surface area contributed by atoms with Gasteiger partial charge in [-0.05, 0) is 26.3 Å². The molecule has 0 spiro atoms. The molecule has 0 N–H and O–H groups in total. The average molecular weight is 209 g/mol. The molecule has 3 heteroatoms. The third kappa shape index (κ3) is 3.65. The van der Waals surface area contributed by atoms with Crippen molar-refractivity contribution >= 4 is 0 Å². The molecule has 0 saturated heterocycles. The molecule has 0 unspecified atom stereocenters. The molecule has 15 heavy (non-hydrogen) atoms. The molecule has 1 rings (SSSR count). The van der Waals surface area contributed by atoms with E-state index in [4.69, 9.17) is 14.7 Å². The Hall–Kier alpha value is -0.850. The molecule has 1 aliphatic rings. The maximum atomic E-state index is 8.71. The quantitative estimate of drug-likeness (QED) is 0.668. The second-order valence-electron chi connectivity index (χ2n) is 4.05. The van der Waals surface area contributed by atoms with E-state index in [1.807, 2.05) is 19.9 Å². The molecule has 0 aromatic rings. The van der Waals surface area contributed by atoms with Gasteiger partial charge in [0.15, 0.2) is 6.29 Å². The lowest BCUT2D eigenvalue weighted by atomic mass is 9.95. The van der Waals surface area contributed by atoms with Crippen molar-refractivity contribution in [1.82, 2.24) is 0 Å². The number of hydrogen-bond donors (Lipinski definition) is 0. The molecule has 84 valence electrons. The Labute approximate surface area is 91.7 Å². The molecule has 0 amide bonds. The van der Waals surface area contributed by atoms with Crippen LogP contribution in [0.25, 0.3) is 0 Å². The highest BCUT2D eigenvalue weighted by atomic mass is 16.7. The SMILES string of the molecule is CC[C@@H]1C=C[C@@H](OC(C)C)O[C@@H]1CC#N. The lowest BCUT2D eigenvalue weighted by Crippen LogP contribution is -2.33. The molecule has 0 fully saturated rings. The van der Waals surface area contributed by atoms with Crippen LogP contribution in [-0.2, 0) is 9.47 Å². The Morgan fingerprint density at radius 3 is 2.73 bits per heavy atom. The molecule has 0 aromatic carbocycles. The van der Waals surface area contributed by atoms with E-state index in [1.54, 1.807) is 0 Å². The highest BCUT2D eigenvalue weighted by Crippen LogP contribution is 2.24. The molecule has 0 bridgehead atoms. The summed E-state index contributed by atoms with van der Waals surface area (Å²) < 4.78 is 11.3. The van der Waals surface area contributed by atoms with Crippen molar-refractivity contribution < 1.29 is 9.47 Å². The van der Waals surface area contributed by atoms with Crippen molar-refractivity contribution in [1.29, 1.82) is 5.26 Å². The highest BCUT2D eigenvalue weighted by Gasteiger charge is 2.26. The predicted octanol–water partition coefficient (Wildman–Crippen LogP) is 2.63. The Bertz CT molecular complexity index is 255. The normalized spacial score (nSPS) is 30.5. The number of nitrogens with zero attached hydrogens (tertiary/aromatic N) is 1. The zero-order chi connectivity index (χ0) is 11.3. The molecule has 1 heterocycles. The van der Waals surface area contributed by atoms with Gasteiger partial charge >= 0.3 is 0 Å². The van der Waals surface area contributed by atoms with Crippen molar-refractivity contribution in [2.75, 3.05) is 0 Å². The molecule has 3 atom stereocenters. The van der Waals surface area contributed by atoms with Crippen LogP contribution < -0.4 is 0 Å². The first-order valence-electron chi connectivity index (χ1n) is 5.53. The lowest BCUT2D eigenvalue weighted by Gasteiger charge is -2.31. The molecule has 0 aromatic heterocycles. The summed E-state index contributed by atoms with van der Waals surface area (Å²) in [5.41, 5.74) is 0. The fourth-order valence-electron chi connectivity index (χ4n) is 1.71. The molecule has 0 aliphatic carbocycles. The van der Waals surface area contributed by atoms with E-state index in [1.165, 1.54) is 0 Å². The van der Waals surface area contributed by atoms with Crippen LogP contribution >= 0.6 is 0 Å². The second-order valence-corrected chi connectivity index (χ2v) is 4.05. The van der Waals surface area contributed by atoms with Crippen molar-refractivity contribution in [2.24, 2.45) is 5.92 Å². The summed E-state index contributed by atoms with van der Waals surface area (Å²) in [6.45, 7) is 6.05. The molecule has 1 aliphatic heterocycles. The van der Waals surface area contributed by atoms with E-state index in [2.05, 4.69) is 19.1 Å². The van der Waals surface area contributed by atoms with Gasteiger partial charge in [0.05, 0.1) is 24.7 Å². The topological polar surface area (TPSA) is 42.2 Å². The van der Waals surface area contributed by atoms with E-state index in [0.717, 1.165) is 6.42 Å². The first-order chi connectivity index (χ1) is 7.17. The van der Waals surface area contributed by atoms with Gasteiger partial charge in [-0.25, -0.2) is 0 Å². The minimum absolute atomic E-state index is 0.0197. The third-order valence-electron chi connectivity index (χ3n) is 2.47. The van der Waals surface area contributed by atoms with Crippen molar-refractivity contribution in [2.45, 2.75) is 52.1 Å². The van der Waals surface area contributed by atoms with E-state index in [-0.39, 0.29) is 18.5 Å². The van der Waals surface area contributed by atoms with Crippen molar-refractivity contribution in [3.05, 3.63) is 12.2 Å². The lowest BCUT2D eigenvalue weighted by molar-refractivity contribution is -0.174. The largest absolute Gasteiger partial charge is 0.346 e. The summed E-state index contributed by atoms with van der Waals surface area (Å²) in [5, 5.41) is 8.71. The van der Waals surface area contributed by atoms with E-state index >= 15 is 0 Å². The Morgan fingerprint density at radius 2 is 2.20 bits per heavy atom. The number of rotatable bonds is 4. The fourth-order valence-corrected chi connectivity index (χ4v) is 1.71. The van der Waals surface area contributed by atoms with Gasteiger partial charge in [-0.2, -0.15) is 5.26 Å². The van der Waals surface area contributed by atoms with Gasteiger partial charge in [-0.1, -0.05) is 13.0 Å². The molecule has 0 saturated carbocycles. The smallest absolute Gasteiger partial charge is 0.177 e. The second kappa shape index (κ2) is 5.89. The predicted molar refractivity (Wildman–Crippen MR) is 58.0 cm³/mol. The molecule has 0 radical (unpaired) electrons. The fraction of sp³-hybridized carbons (Fsp3) is 0.750. The summed E-state index contributed by atoms with van der Waals surface area (Å²) in [6.07, 6.45) is 5.32. The number of ether oxygens (including phenoxy) is 2. The summed E-state index contributed by atoms with van der Waals surface area (Å²) in [4.78, 5) is 0. The average Bonchev–Trinajstić information content (AvgIpc) is 2.18. The van der Waals surface area contributed by atoms with Crippen molar-refractivity contribution in [3.8, 4) is 6.07 Å². The van der Waals surface area contributed by atoms with Gasteiger partial charge in [0, 0.05) is 5.92 Å². The van der Waals surface area contributed by atoms with Crippen LogP contribution in [0.5, 0.6) is 0 Å². The Kier molecular flexibility index (Phi) is 4.80. The Morgan fingerprint density at radius 1 is 1.47 bits per heavy atom. The standard InChI is InChI=1S/C12H19NO2/c1-4-10-5-6-12(14-9(2)3)15-11(10)7-8-13/h5-6,9-12H,4,7H2,1-3H3/t10-,11-,12+/m1/s1. The Balaban J connectivity index is 2.58. The number of hydrogen-bond acceptors (Lipinski definition) is 3. The van der Waals surface area contributed by atoms with Crippen LogP contribution in [0.3, 0.4) is 0 Å². The van der Waals surface area contributed by atoms with E-state index in [0.29, 0.717) is 12.3 Å². The van der Waals surface area contributed by atoms with Gasteiger partial charge in [-0.3, -0.25) is 0 Å². The zero-order valence-electron chi connectivity index (χ0n) is 9.64. The first-order valence-corrected chi connectivity index (χ1v) is 5.53. The van der Waals surface area contributed by atoms with E-state index < -0.39 is 0 Å². The molecular formula is C12H19NO2. The monoisotopic (exact) mass is 209 g/mol. The van der Waals surface area contributed by atoms with Gasteiger partial charge in [-0.15, -0.1) is 0 Å². The highest BCUT2D eigenvalue weighted by molar-refractivity contribution is 5.00. The maximum absolute atomic E-state index is 8.71. The first kappa shape index (κ1) is 12.2. The minimum Gasteiger partial charge on any atom is -0.346 e. The summed E-state index contributed by atoms with van der Waals surface area (Å²) in [6, 6.07) is 2.16. The minimum atomic E-state index is -0.286. The summed E-state index contributed by atoms with van der Waals surface area (Å²) in [5.74, 6) is 0.344. The van der Waals surface area contributed by atoms with Gasteiger partial charge in [0.2, 0.25) is 0 Å². The van der Waals surface area contributed by atoms with Gasteiger partial charge in [0.25, 0.3) is 0 Å².